The van der Waals surface area contributed by atoms with E-state index in [9.17, 15) is 0 Å². The van der Waals surface area contributed by atoms with Gasteiger partial charge in [0.15, 0.2) is 5.65 Å². The molecular formula is C16H17N5O. The highest BCUT2D eigenvalue weighted by Gasteiger charge is 2.15. The summed E-state index contributed by atoms with van der Waals surface area (Å²) in [6, 6.07) is 11.9. The minimum atomic E-state index is 0.477. The van der Waals surface area contributed by atoms with Crippen LogP contribution < -0.4 is 4.74 Å². The molecule has 1 saturated carbocycles. The van der Waals surface area contributed by atoms with Gasteiger partial charge in [-0.15, -0.1) is 14.8 Å². The molecule has 6 nitrogen and oxygen atoms in total. The van der Waals surface area contributed by atoms with E-state index in [0.29, 0.717) is 17.4 Å². The lowest BCUT2D eigenvalue weighted by Crippen LogP contribution is -2.04. The first-order chi connectivity index (χ1) is 10.9. The van der Waals surface area contributed by atoms with Crippen molar-refractivity contribution in [2.75, 3.05) is 0 Å². The smallest absolute Gasteiger partial charge is 0.239 e. The maximum absolute atomic E-state index is 5.77. The monoisotopic (exact) mass is 295 g/mol. The first kappa shape index (κ1) is 13.2. The molecule has 2 aromatic heterocycles. The summed E-state index contributed by atoms with van der Waals surface area (Å²) in [5, 5.41) is 15.3. The van der Waals surface area contributed by atoms with Crippen molar-refractivity contribution in [3.05, 3.63) is 42.0 Å². The molecule has 3 aromatic rings. The summed E-state index contributed by atoms with van der Waals surface area (Å²) in [6.45, 7) is 0. The maximum atomic E-state index is 5.77. The number of benzene rings is 1. The number of aromatic nitrogens is 5. The number of tetrazole rings is 1. The Morgan fingerprint density at radius 3 is 2.59 bits per heavy atom. The first-order valence-electron chi connectivity index (χ1n) is 7.72. The molecule has 1 aliphatic rings. The van der Waals surface area contributed by atoms with Crippen LogP contribution in [0.2, 0.25) is 0 Å². The standard InChI is InChI=1S/C16H17N5O/c1-2-4-12(5-3-1)13-6-8-14(9-7-13)22-16-11-10-15-17-19-20-21(15)18-16/h6-12H,1-5H2. The van der Waals surface area contributed by atoms with Gasteiger partial charge in [-0.25, -0.2) is 0 Å². The average molecular weight is 295 g/mol. The van der Waals surface area contributed by atoms with E-state index in [4.69, 9.17) is 4.74 Å². The second kappa shape index (κ2) is 5.71. The van der Waals surface area contributed by atoms with Gasteiger partial charge in [-0.2, -0.15) is 0 Å². The third-order valence-corrected chi connectivity index (χ3v) is 4.22. The van der Waals surface area contributed by atoms with Gasteiger partial charge >= 0.3 is 0 Å². The van der Waals surface area contributed by atoms with Crippen molar-refractivity contribution >= 4 is 5.65 Å². The molecule has 0 unspecified atom stereocenters. The van der Waals surface area contributed by atoms with Gasteiger partial charge in [0, 0.05) is 6.07 Å². The fourth-order valence-corrected chi connectivity index (χ4v) is 3.05. The molecule has 1 aromatic carbocycles. The minimum absolute atomic E-state index is 0.477. The fourth-order valence-electron chi connectivity index (χ4n) is 3.05. The molecule has 6 heteroatoms. The maximum Gasteiger partial charge on any atom is 0.239 e. The second-order valence-corrected chi connectivity index (χ2v) is 5.70. The van der Waals surface area contributed by atoms with Crippen LogP contribution in [0.3, 0.4) is 0 Å². The Balaban J connectivity index is 1.50. The van der Waals surface area contributed by atoms with Gasteiger partial charge in [0.1, 0.15) is 5.75 Å². The van der Waals surface area contributed by atoms with Crippen LogP contribution in [0.5, 0.6) is 11.6 Å². The number of ether oxygens (including phenoxy) is 1. The number of hydrogen-bond acceptors (Lipinski definition) is 5. The second-order valence-electron chi connectivity index (χ2n) is 5.70. The van der Waals surface area contributed by atoms with E-state index in [1.165, 1.54) is 42.3 Å². The highest BCUT2D eigenvalue weighted by Crippen LogP contribution is 2.33. The molecule has 22 heavy (non-hydrogen) atoms. The molecule has 0 bridgehead atoms. The molecular weight excluding hydrogens is 278 g/mol. The summed E-state index contributed by atoms with van der Waals surface area (Å²) in [5.41, 5.74) is 2.01. The van der Waals surface area contributed by atoms with Gasteiger partial charge in [0.25, 0.3) is 0 Å². The zero-order valence-electron chi connectivity index (χ0n) is 12.2. The van der Waals surface area contributed by atoms with E-state index in [0.717, 1.165) is 5.75 Å². The predicted octanol–water partition coefficient (Wildman–Crippen LogP) is 3.36. The molecule has 2 heterocycles. The molecule has 112 valence electrons. The Morgan fingerprint density at radius 1 is 0.955 bits per heavy atom. The topological polar surface area (TPSA) is 65.2 Å². The first-order valence-corrected chi connectivity index (χ1v) is 7.72. The number of nitrogens with zero attached hydrogens (tertiary/aromatic N) is 5. The average Bonchev–Trinajstić information content (AvgIpc) is 3.04. The fraction of sp³-hybridized carbons (Fsp3) is 0.375. The summed E-state index contributed by atoms with van der Waals surface area (Å²) in [5.74, 6) is 1.96. The number of rotatable bonds is 3. The van der Waals surface area contributed by atoms with Crippen LogP contribution in [0.25, 0.3) is 5.65 Å². The Morgan fingerprint density at radius 2 is 1.77 bits per heavy atom. The normalized spacial score (nSPS) is 16.0. The van der Waals surface area contributed by atoms with Crippen molar-refractivity contribution in [2.24, 2.45) is 0 Å². The van der Waals surface area contributed by atoms with Crippen molar-refractivity contribution in [1.29, 1.82) is 0 Å². The van der Waals surface area contributed by atoms with Crippen LogP contribution in [0.1, 0.15) is 43.6 Å². The lowest BCUT2D eigenvalue weighted by Gasteiger charge is -2.22. The van der Waals surface area contributed by atoms with Crippen LogP contribution in [-0.4, -0.2) is 25.3 Å². The predicted molar refractivity (Wildman–Crippen MR) is 80.9 cm³/mol. The van der Waals surface area contributed by atoms with E-state index in [1.54, 1.807) is 12.1 Å². The summed E-state index contributed by atoms with van der Waals surface area (Å²) in [6.07, 6.45) is 6.68. The van der Waals surface area contributed by atoms with Crippen molar-refractivity contribution < 1.29 is 4.74 Å². The van der Waals surface area contributed by atoms with Gasteiger partial charge in [0.05, 0.1) is 0 Å². The molecule has 0 radical (unpaired) electrons. The quantitative estimate of drug-likeness (QED) is 0.741. The SMILES string of the molecule is c1cc(C2CCCCC2)ccc1Oc1ccc2nnnn2n1. The van der Waals surface area contributed by atoms with Crippen LogP contribution in [0.15, 0.2) is 36.4 Å². The van der Waals surface area contributed by atoms with Crippen molar-refractivity contribution in [2.45, 2.75) is 38.0 Å². The molecule has 0 amide bonds. The van der Waals surface area contributed by atoms with Crippen LogP contribution >= 0.6 is 0 Å². The third-order valence-electron chi connectivity index (χ3n) is 4.22. The summed E-state index contributed by atoms with van der Waals surface area (Å²) < 4.78 is 7.12. The molecule has 0 spiro atoms. The largest absolute Gasteiger partial charge is 0.438 e. The molecule has 0 saturated heterocycles. The van der Waals surface area contributed by atoms with E-state index < -0.39 is 0 Å². The van der Waals surface area contributed by atoms with Crippen molar-refractivity contribution in [3.63, 3.8) is 0 Å². The zero-order chi connectivity index (χ0) is 14.8. The van der Waals surface area contributed by atoms with E-state index in [2.05, 4.69) is 32.8 Å². The van der Waals surface area contributed by atoms with E-state index in [-0.39, 0.29) is 0 Å². The van der Waals surface area contributed by atoms with Crippen LogP contribution in [0.4, 0.5) is 0 Å². The Bertz CT molecular complexity index is 762. The van der Waals surface area contributed by atoms with Gasteiger partial charge in [-0.05, 0) is 52.9 Å². The molecule has 0 N–H and O–H groups in total. The number of fused-ring (bicyclic) bond motifs is 1. The number of hydrogen-bond donors (Lipinski definition) is 0. The van der Waals surface area contributed by atoms with Gasteiger partial charge in [0.2, 0.25) is 5.88 Å². The Labute approximate surface area is 128 Å². The van der Waals surface area contributed by atoms with E-state index in [1.807, 2.05) is 12.1 Å². The lowest BCUT2D eigenvalue weighted by atomic mass is 9.84. The van der Waals surface area contributed by atoms with Gasteiger partial charge < -0.3 is 4.74 Å². The third kappa shape index (κ3) is 2.64. The summed E-state index contributed by atoms with van der Waals surface area (Å²) in [7, 11) is 0. The molecule has 1 fully saturated rings. The summed E-state index contributed by atoms with van der Waals surface area (Å²) in [4.78, 5) is 0. The molecule has 0 aliphatic heterocycles. The van der Waals surface area contributed by atoms with Crippen molar-refractivity contribution in [3.8, 4) is 11.6 Å². The lowest BCUT2D eigenvalue weighted by molar-refractivity contribution is 0.438. The highest BCUT2D eigenvalue weighted by molar-refractivity contribution is 5.36. The van der Waals surface area contributed by atoms with Crippen LogP contribution in [0, 0.1) is 0 Å². The van der Waals surface area contributed by atoms with Gasteiger partial charge in [-0.1, -0.05) is 31.4 Å². The summed E-state index contributed by atoms with van der Waals surface area (Å²) >= 11 is 0. The molecule has 0 atom stereocenters. The zero-order valence-corrected chi connectivity index (χ0v) is 12.2. The Kier molecular flexibility index (Phi) is 3.42. The van der Waals surface area contributed by atoms with E-state index >= 15 is 0 Å². The molecule has 4 rings (SSSR count). The minimum Gasteiger partial charge on any atom is -0.438 e. The highest BCUT2D eigenvalue weighted by atomic mass is 16.5. The van der Waals surface area contributed by atoms with Crippen LogP contribution in [-0.2, 0) is 0 Å². The van der Waals surface area contributed by atoms with Crippen molar-refractivity contribution in [1.82, 2.24) is 25.3 Å². The van der Waals surface area contributed by atoms with Gasteiger partial charge in [-0.3, -0.25) is 0 Å². The Hall–Kier alpha value is -2.50. The molecule has 1 aliphatic carbocycles.